The third-order valence-corrected chi connectivity index (χ3v) is 5.35. The van der Waals surface area contributed by atoms with Gasteiger partial charge in [-0.15, -0.1) is 0 Å². The number of benzene rings is 1. The molecule has 0 spiro atoms. The van der Waals surface area contributed by atoms with Crippen molar-refractivity contribution < 1.29 is 9.59 Å². The molecule has 1 N–H and O–H groups in total. The van der Waals surface area contributed by atoms with Crippen molar-refractivity contribution in [1.82, 2.24) is 10.2 Å². The molecule has 1 atom stereocenters. The van der Waals surface area contributed by atoms with Gasteiger partial charge in [0.05, 0.1) is 5.92 Å². The Hall–Kier alpha value is -1.26. The molecule has 2 aliphatic rings. The Bertz CT molecular complexity index is 615. The Kier molecular flexibility index (Phi) is 5.12. The summed E-state index contributed by atoms with van der Waals surface area (Å²) in [6.45, 7) is 0.895. The fraction of sp³-hybridized carbons (Fsp3) is 0.529. The predicted octanol–water partition coefficient (Wildman–Crippen LogP) is 3.40. The fourth-order valence-corrected chi connectivity index (χ4v) is 3.94. The lowest BCUT2D eigenvalue weighted by atomic mass is 10.1. The number of rotatable bonds is 4. The van der Waals surface area contributed by atoms with E-state index in [1.807, 2.05) is 4.90 Å². The van der Waals surface area contributed by atoms with Gasteiger partial charge >= 0.3 is 0 Å². The van der Waals surface area contributed by atoms with Gasteiger partial charge in [-0.2, -0.15) is 0 Å². The highest BCUT2D eigenvalue weighted by atomic mass is 35.5. The molecule has 0 radical (unpaired) electrons. The van der Waals surface area contributed by atoms with Crippen LogP contribution in [0.25, 0.3) is 0 Å². The Balaban J connectivity index is 1.55. The molecule has 0 unspecified atom stereocenters. The lowest BCUT2D eigenvalue weighted by Gasteiger charge is -2.23. The van der Waals surface area contributed by atoms with Crippen molar-refractivity contribution >= 4 is 35.0 Å². The Morgan fingerprint density at radius 1 is 1.26 bits per heavy atom. The molecule has 1 aromatic rings. The van der Waals surface area contributed by atoms with E-state index in [-0.39, 0.29) is 17.7 Å². The van der Waals surface area contributed by atoms with Crippen molar-refractivity contribution in [3.05, 3.63) is 33.8 Å². The van der Waals surface area contributed by atoms with E-state index in [0.717, 1.165) is 18.4 Å². The second-order valence-electron chi connectivity index (χ2n) is 6.34. The van der Waals surface area contributed by atoms with Gasteiger partial charge < -0.3 is 10.2 Å². The van der Waals surface area contributed by atoms with Crippen molar-refractivity contribution in [3.8, 4) is 0 Å². The summed E-state index contributed by atoms with van der Waals surface area (Å²) in [6, 6.07) is 5.54. The van der Waals surface area contributed by atoms with Gasteiger partial charge in [0.15, 0.2) is 0 Å². The maximum Gasteiger partial charge on any atom is 0.225 e. The zero-order valence-electron chi connectivity index (χ0n) is 12.9. The average molecular weight is 355 g/mol. The lowest BCUT2D eigenvalue weighted by molar-refractivity contribution is -0.130. The van der Waals surface area contributed by atoms with Crippen LogP contribution in [0.15, 0.2) is 18.2 Å². The van der Waals surface area contributed by atoms with Gasteiger partial charge in [-0.3, -0.25) is 9.59 Å². The van der Waals surface area contributed by atoms with E-state index < -0.39 is 0 Å². The topological polar surface area (TPSA) is 49.4 Å². The van der Waals surface area contributed by atoms with Gasteiger partial charge in [-0.05, 0) is 30.5 Å². The summed E-state index contributed by atoms with van der Waals surface area (Å²) in [5.41, 5.74) is 0.821. The maximum absolute atomic E-state index is 12.3. The molecule has 3 rings (SSSR count). The van der Waals surface area contributed by atoms with Crippen LogP contribution < -0.4 is 5.32 Å². The number of amides is 2. The van der Waals surface area contributed by atoms with Crippen LogP contribution >= 0.6 is 23.2 Å². The molecule has 2 fully saturated rings. The molecular formula is C17H20Cl2N2O2. The van der Waals surface area contributed by atoms with Crippen molar-refractivity contribution in [3.63, 3.8) is 0 Å². The number of nitrogens with one attached hydrogen (secondary N) is 1. The second kappa shape index (κ2) is 7.10. The quantitative estimate of drug-likeness (QED) is 0.900. The number of likely N-dealkylation sites (tertiary alicyclic amines) is 1. The Labute approximate surface area is 146 Å². The van der Waals surface area contributed by atoms with Crippen LogP contribution in [0, 0.1) is 5.92 Å². The van der Waals surface area contributed by atoms with Crippen LogP contribution in [0.3, 0.4) is 0 Å². The smallest absolute Gasteiger partial charge is 0.225 e. The first-order chi connectivity index (χ1) is 11.0. The minimum Gasteiger partial charge on any atom is -0.352 e. The molecule has 0 bridgehead atoms. The highest BCUT2D eigenvalue weighted by Crippen LogP contribution is 2.29. The minimum atomic E-state index is -0.255. The lowest BCUT2D eigenvalue weighted by Crippen LogP contribution is -2.36. The molecule has 1 heterocycles. The first-order valence-electron chi connectivity index (χ1n) is 8.05. The summed E-state index contributed by atoms with van der Waals surface area (Å²) in [4.78, 5) is 26.4. The SMILES string of the molecule is O=C(NCc1ccc(Cl)cc1Cl)[C@H]1CC(=O)N(C2CCCC2)C1. The third kappa shape index (κ3) is 3.81. The number of nitrogens with zero attached hydrogens (tertiary/aromatic N) is 1. The summed E-state index contributed by atoms with van der Waals surface area (Å²) < 4.78 is 0. The highest BCUT2D eigenvalue weighted by Gasteiger charge is 2.38. The third-order valence-electron chi connectivity index (χ3n) is 4.76. The zero-order valence-corrected chi connectivity index (χ0v) is 14.4. The van der Waals surface area contributed by atoms with Crippen molar-refractivity contribution in [2.45, 2.75) is 44.7 Å². The van der Waals surface area contributed by atoms with E-state index in [1.54, 1.807) is 18.2 Å². The molecule has 4 nitrogen and oxygen atoms in total. The van der Waals surface area contributed by atoms with E-state index in [2.05, 4.69) is 5.32 Å². The average Bonchev–Trinajstić information content (AvgIpc) is 3.15. The van der Waals surface area contributed by atoms with E-state index in [9.17, 15) is 9.59 Å². The molecule has 6 heteroatoms. The first kappa shape index (κ1) is 16.6. The van der Waals surface area contributed by atoms with E-state index in [1.165, 1.54) is 12.8 Å². The van der Waals surface area contributed by atoms with E-state index in [0.29, 0.717) is 35.6 Å². The van der Waals surface area contributed by atoms with Crippen LogP contribution in [0.1, 0.15) is 37.7 Å². The summed E-state index contributed by atoms with van der Waals surface area (Å²) >= 11 is 12.0. The molecular weight excluding hydrogens is 335 g/mol. The largest absolute Gasteiger partial charge is 0.352 e. The molecule has 1 aliphatic carbocycles. The van der Waals surface area contributed by atoms with Crippen molar-refractivity contribution in [2.24, 2.45) is 5.92 Å². The normalized spacial score (nSPS) is 21.9. The number of carbonyl (C=O) groups is 2. The van der Waals surface area contributed by atoms with Gasteiger partial charge in [0, 0.05) is 35.6 Å². The number of hydrogen-bond donors (Lipinski definition) is 1. The van der Waals surface area contributed by atoms with Crippen LogP contribution in [0.4, 0.5) is 0 Å². The second-order valence-corrected chi connectivity index (χ2v) is 7.18. The summed E-state index contributed by atoms with van der Waals surface area (Å²) in [6.07, 6.45) is 4.82. The standard InChI is InChI=1S/C17H20Cl2N2O2/c18-13-6-5-11(15(19)8-13)9-20-17(23)12-7-16(22)21(10-12)14-3-1-2-4-14/h5-6,8,12,14H,1-4,7,9-10H2,(H,20,23)/t12-/m0/s1. The van der Waals surface area contributed by atoms with Gasteiger partial charge in [0.2, 0.25) is 11.8 Å². The molecule has 1 saturated carbocycles. The molecule has 1 saturated heterocycles. The highest BCUT2D eigenvalue weighted by molar-refractivity contribution is 6.35. The molecule has 0 aromatic heterocycles. The van der Waals surface area contributed by atoms with E-state index in [4.69, 9.17) is 23.2 Å². The molecule has 2 amide bonds. The molecule has 1 aromatic carbocycles. The zero-order chi connectivity index (χ0) is 16.4. The van der Waals surface area contributed by atoms with Crippen LogP contribution in [0.2, 0.25) is 10.0 Å². The number of halogens is 2. The first-order valence-corrected chi connectivity index (χ1v) is 8.81. The van der Waals surface area contributed by atoms with Crippen molar-refractivity contribution in [2.75, 3.05) is 6.54 Å². The van der Waals surface area contributed by atoms with Gasteiger partial charge in [0.25, 0.3) is 0 Å². The van der Waals surface area contributed by atoms with Gasteiger partial charge in [-0.1, -0.05) is 42.1 Å². The van der Waals surface area contributed by atoms with E-state index >= 15 is 0 Å². The van der Waals surface area contributed by atoms with Gasteiger partial charge in [0.1, 0.15) is 0 Å². The number of carbonyl (C=O) groups excluding carboxylic acids is 2. The predicted molar refractivity (Wildman–Crippen MR) is 90.4 cm³/mol. The molecule has 124 valence electrons. The van der Waals surface area contributed by atoms with Gasteiger partial charge in [-0.25, -0.2) is 0 Å². The van der Waals surface area contributed by atoms with Crippen LogP contribution in [0.5, 0.6) is 0 Å². The van der Waals surface area contributed by atoms with Crippen molar-refractivity contribution in [1.29, 1.82) is 0 Å². The number of hydrogen-bond acceptors (Lipinski definition) is 2. The summed E-state index contributed by atoms with van der Waals surface area (Å²) in [5.74, 6) is -0.222. The van der Waals surface area contributed by atoms with Crippen LogP contribution in [-0.2, 0) is 16.1 Å². The molecule has 23 heavy (non-hydrogen) atoms. The monoisotopic (exact) mass is 354 g/mol. The molecule has 1 aliphatic heterocycles. The maximum atomic E-state index is 12.3. The van der Waals surface area contributed by atoms with Crippen LogP contribution in [-0.4, -0.2) is 29.3 Å². The Morgan fingerprint density at radius 2 is 2.00 bits per heavy atom. The summed E-state index contributed by atoms with van der Waals surface area (Å²) in [7, 11) is 0. The minimum absolute atomic E-state index is 0.0788. The fourth-order valence-electron chi connectivity index (χ4n) is 3.47. The summed E-state index contributed by atoms with van der Waals surface area (Å²) in [5, 5.41) is 3.99. The Morgan fingerprint density at radius 3 is 2.70 bits per heavy atom.